The summed E-state index contributed by atoms with van der Waals surface area (Å²) in [6.07, 6.45) is 0.491. The molecule has 7 nitrogen and oxygen atoms in total. The lowest BCUT2D eigenvalue weighted by Crippen LogP contribution is -2.24. The van der Waals surface area contributed by atoms with Gasteiger partial charge < -0.3 is 10.4 Å². The molecular formula is C19H22N2O5S. The van der Waals surface area contributed by atoms with E-state index in [0.29, 0.717) is 18.5 Å². The van der Waals surface area contributed by atoms with E-state index in [1.54, 1.807) is 37.3 Å². The lowest BCUT2D eigenvalue weighted by Gasteiger charge is -2.08. The van der Waals surface area contributed by atoms with E-state index in [-0.39, 0.29) is 29.3 Å². The predicted molar refractivity (Wildman–Crippen MR) is 101 cm³/mol. The Bertz CT molecular complexity index is 908. The highest BCUT2D eigenvalue weighted by Crippen LogP contribution is 2.12. The van der Waals surface area contributed by atoms with Crippen molar-refractivity contribution in [2.24, 2.45) is 0 Å². The average Bonchev–Trinajstić information content (AvgIpc) is 2.65. The smallest absolute Gasteiger partial charge is 0.335 e. The highest BCUT2D eigenvalue weighted by molar-refractivity contribution is 7.89. The molecule has 0 radical (unpaired) electrons. The third-order valence-electron chi connectivity index (χ3n) is 3.93. The fourth-order valence-corrected chi connectivity index (χ4v) is 3.59. The first-order chi connectivity index (χ1) is 12.8. The summed E-state index contributed by atoms with van der Waals surface area (Å²) in [6, 6.07) is 12.9. The molecule has 0 bridgehead atoms. The van der Waals surface area contributed by atoms with Crippen LogP contribution in [-0.2, 0) is 27.8 Å². The van der Waals surface area contributed by atoms with Gasteiger partial charge in [0.2, 0.25) is 15.9 Å². The van der Waals surface area contributed by atoms with E-state index in [4.69, 9.17) is 5.11 Å². The molecule has 0 atom stereocenters. The second-order valence-corrected chi connectivity index (χ2v) is 7.65. The standard InChI is InChI=1S/C19H22N2O5S/c1-2-21-27(25,26)16-10-7-14(8-11-16)13-20-18(22)12-9-15-5-3-4-6-17(15)19(23)24/h3-8,10-11,21H,2,9,12-13H2,1H3,(H,20,22)(H,23,24). The third-order valence-corrected chi connectivity index (χ3v) is 5.49. The van der Waals surface area contributed by atoms with Gasteiger partial charge in [-0.2, -0.15) is 0 Å². The van der Waals surface area contributed by atoms with Crippen molar-refractivity contribution in [1.82, 2.24) is 10.0 Å². The Morgan fingerprint density at radius 3 is 2.33 bits per heavy atom. The van der Waals surface area contributed by atoms with Gasteiger partial charge in [0, 0.05) is 19.5 Å². The summed E-state index contributed by atoms with van der Waals surface area (Å²) < 4.78 is 26.2. The molecule has 0 saturated heterocycles. The van der Waals surface area contributed by atoms with Crippen LogP contribution in [0.25, 0.3) is 0 Å². The van der Waals surface area contributed by atoms with Crippen LogP contribution in [0.1, 0.15) is 34.8 Å². The lowest BCUT2D eigenvalue weighted by molar-refractivity contribution is -0.121. The number of aryl methyl sites for hydroxylation is 1. The number of sulfonamides is 1. The van der Waals surface area contributed by atoms with Gasteiger partial charge in [-0.3, -0.25) is 4.79 Å². The normalized spacial score (nSPS) is 11.1. The highest BCUT2D eigenvalue weighted by Gasteiger charge is 2.13. The summed E-state index contributed by atoms with van der Waals surface area (Å²) in [5, 5.41) is 11.9. The van der Waals surface area contributed by atoms with Gasteiger partial charge in [-0.1, -0.05) is 37.3 Å². The molecule has 0 saturated carbocycles. The number of amides is 1. The number of carboxylic acid groups (broad SMARTS) is 1. The van der Waals surface area contributed by atoms with Crippen LogP contribution in [0.5, 0.6) is 0 Å². The van der Waals surface area contributed by atoms with Gasteiger partial charge in [-0.05, 0) is 35.7 Å². The highest BCUT2D eigenvalue weighted by atomic mass is 32.2. The van der Waals surface area contributed by atoms with Crippen molar-refractivity contribution < 1.29 is 23.1 Å². The van der Waals surface area contributed by atoms with Crippen LogP contribution in [0.3, 0.4) is 0 Å². The molecule has 2 aromatic carbocycles. The van der Waals surface area contributed by atoms with Gasteiger partial charge in [-0.15, -0.1) is 0 Å². The Balaban J connectivity index is 1.88. The first-order valence-electron chi connectivity index (χ1n) is 8.50. The number of hydrogen-bond acceptors (Lipinski definition) is 4. The summed E-state index contributed by atoms with van der Waals surface area (Å²) >= 11 is 0. The van der Waals surface area contributed by atoms with E-state index < -0.39 is 16.0 Å². The molecule has 0 aliphatic rings. The molecule has 0 heterocycles. The van der Waals surface area contributed by atoms with Gasteiger partial charge in [0.15, 0.2) is 0 Å². The van der Waals surface area contributed by atoms with Crippen molar-refractivity contribution in [3.63, 3.8) is 0 Å². The number of rotatable bonds is 9. The van der Waals surface area contributed by atoms with Crippen molar-refractivity contribution in [1.29, 1.82) is 0 Å². The monoisotopic (exact) mass is 390 g/mol. The maximum atomic E-state index is 12.0. The summed E-state index contributed by atoms with van der Waals surface area (Å²) in [6.45, 7) is 2.28. The molecule has 27 heavy (non-hydrogen) atoms. The Morgan fingerprint density at radius 2 is 1.70 bits per heavy atom. The minimum Gasteiger partial charge on any atom is -0.478 e. The number of hydrogen-bond donors (Lipinski definition) is 3. The van der Waals surface area contributed by atoms with Crippen molar-refractivity contribution in [3.8, 4) is 0 Å². The summed E-state index contributed by atoms with van der Waals surface area (Å²) in [7, 11) is -3.49. The van der Waals surface area contributed by atoms with Crippen molar-refractivity contribution in [2.75, 3.05) is 6.54 Å². The zero-order valence-electron chi connectivity index (χ0n) is 14.9. The molecule has 144 valence electrons. The van der Waals surface area contributed by atoms with Crippen molar-refractivity contribution in [3.05, 3.63) is 65.2 Å². The first kappa shape index (κ1) is 20.6. The minimum atomic E-state index is -3.49. The molecule has 0 unspecified atom stereocenters. The Morgan fingerprint density at radius 1 is 1.04 bits per heavy atom. The SMILES string of the molecule is CCNS(=O)(=O)c1ccc(CNC(=O)CCc2ccccc2C(=O)O)cc1. The molecule has 2 rings (SSSR count). The van der Waals surface area contributed by atoms with Gasteiger partial charge in [0.25, 0.3) is 0 Å². The fourth-order valence-electron chi connectivity index (χ4n) is 2.54. The van der Waals surface area contributed by atoms with Gasteiger partial charge in [-0.25, -0.2) is 17.9 Å². The molecule has 2 aromatic rings. The molecule has 8 heteroatoms. The van der Waals surface area contributed by atoms with E-state index in [1.807, 2.05) is 0 Å². The summed E-state index contributed by atoms with van der Waals surface area (Å²) in [5.41, 5.74) is 1.57. The minimum absolute atomic E-state index is 0.164. The van der Waals surface area contributed by atoms with Crippen LogP contribution < -0.4 is 10.0 Å². The van der Waals surface area contributed by atoms with Crippen LogP contribution in [0.4, 0.5) is 0 Å². The molecule has 0 aromatic heterocycles. The molecule has 0 fully saturated rings. The van der Waals surface area contributed by atoms with Crippen LogP contribution in [0.2, 0.25) is 0 Å². The Hall–Kier alpha value is -2.71. The van der Waals surface area contributed by atoms with Crippen LogP contribution >= 0.6 is 0 Å². The number of nitrogens with one attached hydrogen (secondary N) is 2. The maximum Gasteiger partial charge on any atom is 0.335 e. The van der Waals surface area contributed by atoms with Crippen LogP contribution in [0, 0.1) is 0 Å². The zero-order chi connectivity index (χ0) is 19.9. The van der Waals surface area contributed by atoms with E-state index in [9.17, 15) is 18.0 Å². The average molecular weight is 390 g/mol. The topological polar surface area (TPSA) is 113 Å². The summed E-state index contributed by atoms with van der Waals surface area (Å²) in [4.78, 5) is 23.4. The fraction of sp³-hybridized carbons (Fsp3) is 0.263. The third kappa shape index (κ3) is 5.90. The number of benzene rings is 2. The molecule has 0 aliphatic heterocycles. The van der Waals surface area contributed by atoms with Crippen LogP contribution in [0.15, 0.2) is 53.4 Å². The van der Waals surface area contributed by atoms with E-state index in [0.717, 1.165) is 5.56 Å². The van der Waals surface area contributed by atoms with Gasteiger partial charge >= 0.3 is 5.97 Å². The Kier molecular flexibility index (Phi) is 7.09. The van der Waals surface area contributed by atoms with Gasteiger partial charge in [0.05, 0.1) is 10.5 Å². The van der Waals surface area contributed by atoms with Crippen LogP contribution in [-0.4, -0.2) is 31.9 Å². The van der Waals surface area contributed by atoms with Crippen molar-refractivity contribution in [2.45, 2.75) is 31.2 Å². The molecule has 0 spiro atoms. The zero-order valence-corrected chi connectivity index (χ0v) is 15.8. The van der Waals surface area contributed by atoms with E-state index in [2.05, 4.69) is 10.0 Å². The quantitative estimate of drug-likeness (QED) is 0.606. The van der Waals surface area contributed by atoms with Gasteiger partial charge in [0.1, 0.15) is 0 Å². The second kappa shape index (κ2) is 9.29. The number of aromatic carboxylic acids is 1. The number of carboxylic acids is 1. The maximum absolute atomic E-state index is 12.0. The Labute approximate surface area is 158 Å². The molecule has 3 N–H and O–H groups in total. The van der Waals surface area contributed by atoms with E-state index >= 15 is 0 Å². The summed E-state index contributed by atoms with van der Waals surface area (Å²) in [5.74, 6) is -1.22. The molecule has 1 amide bonds. The molecular weight excluding hydrogens is 368 g/mol. The first-order valence-corrected chi connectivity index (χ1v) is 9.98. The lowest BCUT2D eigenvalue weighted by atomic mass is 10.0. The van der Waals surface area contributed by atoms with Crippen molar-refractivity contribution >= 4 is 21.9 Å². The number of carbonyl (C=O) groups is 2. The number of carbonyl (C=O) groups excluding carboxylic acids is 1. The molecule has 0 aliphatic carbocycles. The van der Waals surface area contributed by atoms with E-state index in [1.165, 1.54) is 18.2 Å². The second-order valence-electron chi connectivity index (χ2n) is 5.88. The largest absolute Gasteiger partial charge is 0.478 e. The predicted octanol–water partition coefficient (Wildman–Crippen LogP) is 1.93.